The van der Waals surface area contributed by atoms with Crippen molar-refractivity contribution in [1.29, 1.82) is 0 Å². The fraction of sp³-hybridized carbons (Fsp3) is 0.632. The number of methoxy groups -OCH3 is 1. The second-order valence-electron chi connectivity index (χ2n) is 7.16. The summed E-state index contributed by atoms with van der Waals surface area (Å²) >= 11 is 0. The van der Waals surface area contributed by atoms with Gasteiger partial charge in [0, 0.05) is 13.7 Å². The zero-order valence-corrected chi connectivity index (χ0v) is 15.0. The summed E-state index contributed by atoms with van der Waals surface area (Å²) in [6.45, 7) is 5.15. The number of rotatable bonds is 4. The van der Waals surface area contributed by atoms with Crippen molar-refractivity contribution in [3.8, 4) is 0 Å². The van der Waals surface area contributed by atoms with Gasteiger partial charge in [-0.05, 0) is 50.6 Å². The molecule has 2 unspecified atom stereocenters. The van der Waals surface area contributed by atoms with E-state index in [9.17, 15) is 9.18 Å². The lowest BCUT2D eigenvalue weighted by Gasteiger charge is -2.44. The maximum atomic E-state index is 13.3. The molecule has 0 saturated carbocycles. The Balaban J connectivity index is 1.78. The van der Waals surface area contributed by atoms with Crippen LogP contribution in [0.4, 0.5) is 4.39 Å². The molecule has 0 bridgehead atoms. The Labute approximate surface area is 148 Å². The van der Waals surface area contributed by atoms with E-state index in [1.807, 2.05) is 11.8 Å². The third kappa shape index (κ3) is 4.02. The maximum absolute atomic E-state index is 13.3. The average Bonchev–Trinajstić information content (AvgIpc) is 2.62. The molecule has 2 heterocycles. The second-order valence-corrected chi connectivity index (χ2v) is 7.16. The first-order valence-corrected chi connectivity index (χ1v) is 8.94. The standard InChI is InChI=1S/C19H27FN2O3/c1-14-11-22(12-17(25-14)15-3-5-16(20)6-4-15)18(23)19(13-24-2)7-9-21-10-8-19/h3-6,14,17,21H,7-13H2,1-2H3. The molecule has 2 aliphatic heterocycles. The fourth-order valence-corrected chi connectivity index (χ4v) is 3.92. The molecular formula is C19H27FN2O3. The lowest BCUT2D eigenvalue weighted by molar-refractivity contribution is -0.160. The number of morpholine rings is 1. The summed E-state index contributed by atoms with van der Waals surface area (Å²) in [6.07, 6.45) is 1.28. The van der Waals surface area contributed by atoms with Crippen molar-refractivity contribution >= 4 is 5.91 Å². The van der Waals surface area contributed by atoms with Crippen LogP contribution >= 0.6 is 0 Å². The van der Waals surface area contributed by atoms with Crippen molar-refractivity contribution in [3.63, 3.8) is 0 Å². The topological polar surface area (TPSA) is 50.8 Å². The Morgan fingerprint density at radius 1 is 1.32 bits per heavy atom. The number of carbonyl (C=O) groups is 1. The molecule has 0 spiro atoms. The Kier molecular flexibility index (Phi) is 5.71. The Bertz CT molecular complexity index is 581. The number of hydrogen-bond acceptors (Lipinski definition) is 4. The number of amides is 1. The molecule has 2 aliphatic rings. The third-order valence-corrected chi connectivity index (χ3v) is 5.22. The van der Waals surface area contributed by atoms with Crippen LogP contribution in [0.5, 0.6) is 0 Å². The minimum atomic E-state index is -0.454. The number of halogens is 1. The highest BCUT2D eigenvalue weighted by Crippen LogP contribution is 2.34. The van der Waals surface area contributed by atoms with Gasteiger partial charge in [-0.2, -0.15) is 0 Å². The van der Waals surface area contributed by atoms with E-state index in [2.05, 4.69) is 5.32 Å². The summed E-state index contributed by atoms with van der Waals surface area (Å²) in [6, 6.07) is 6.33. The quantitative estimate of drug-likeness (QED) is 0.904. The van der Waals surface area contributed by atoms with Crippen LogP contribution in [0, 0.1) is 11.2 Å². The average molecular weight is 350 g/mol. The maximum Gasteiger partial charge on any atom is 0.231 e. The van der Waals surface area contributed by atoms with E-state index in [1.54, 1.807) is 19.2 Å². The van der Waals surface area contributed by atoms with E-state index < -0.39 is 5.41 Å². The number of piperidine rings is 1. The van der Waals surface area contributed by atoms with Gasteiger partial charge < -0.3 is 19.7 Å². The molecular weight excluding hydrogens is 323 g/mol. The summed E-state index contributed by atoms with van der Waals surface area (Å²) < 4.78 is 24.6. The first kappa shape index (κ1) is 18.3. The number of carbonyl (C=O) groups excluding carboxylic acids is 1. The second kappa shape index (κ2) is 7.81. The molecule has 1 aromatic rings. The van der Waals surface area contributed by atoms with Gasteiger partial charge in [0.25, 0.3) is 0 Å². The van der Waals surface area contributed by atoms with Crippen molar-refractivity contribution in [2.24, 2.45) is 5.41 Å². The van der Waals surface area contributed by atoms with Crippen molar-refractivity contribution in [2.45, 2.75) is 32.0 Å². The molecule has 138 valence electrons. The van der Waals surface area contributed by atoms with Gasteiger partial charge in [-0.15, -0.1) is 0 Å². The van der Waals surface area contributed by atoms with Crippen molar-refractivity contribution in [2.75, 3.05) is 39.9 Å². The molecule has 1 N–H and O–H groups in total. The van der Waals surface area contributed by atoms with Crippen LogP contribution in [0.1, 0.15) is 31.4 Å². The van der Waals surface area contributed by atoms with E-state index in [4.69, 9.17) is 9.47 Å². The van der Waals surface area contributed by atoms with Gasteiger partial charge in [-0.25, -0.2) is 4.39 Å². The summed E-state index contributed by atoms with van der Waals surface area (Å²) in [7, 11) is 1.65. The molecule has 1 aromatic carbocycles. The highest BCUT2D eigenvalue weighted by molar-refractivity contribution is 5.83. The first-order valence-electron chi connectivity index (χ1n) is 8.94. The first-order chi connectivity index (χ1) is 12.0. The number of ether oxygens (including phenoxy) is 2. The SMILES string of the molecule is COCC1(C(=O)N2CC(C)OC(c3ccc(F)cc3)C2)CCNCC1. The lowest BCUT2D eigenvalue weighted by atomic mass is 9.78. The zero-order valence-electron chi connectivity index (χ0n) is 15.0. The lowest BCUT2D eigenvalue weighted by Crippen LogP contribution is -2.55. The van der Waals surface area contributed by atoms with E-state index >= 15 is 0 Å². The summed E-state index contributed by atoms with van der Waals surface area (Å²) in [4.78, 5) is 15.3. The monoisotopic (exact) mass is 350 g/mol. The van der Waals surface area contributed by atoms with Crippen LogP contribution < -0.4 is 5.32 Å². The number of benzene rings is 1. The van der Waals surface area contributed by atoms with Gasteiger partial charge in [-0.3, -0.25) is 4.79 Å². The Morgan fingerprint density at radius 3 is 2.64 bits per heavy atom. The molecule has 3 rings (SSSR count). The molecule has 6 heteroatoms. The van der Waals surface area contributed by atoms with Crippen LogP contribution in [-0.4, -0.2) is 56.8 Å². The van der Waals surface area contributed by atoms with Gasteiger partial charge in [-0.1, -0.05) is 12.1 Å². The summed E-state index contributed by atoms with van der Waals surface area (Å²) in [5, 5.41) is 3.32. The Morgan fingerprint density at radius 2 is 2.00 bits per heavy atom. The predicted octanol–water partition coefficient (Wildman–Crippen LogP) is 2.13. The van der Waals surface area contributed by atoms with Crippen LogP contribution in [0.2, 0.25) is 0 Å². The normalized spacial score (nSPS) is 26.4. The molecule has 2 fully saturated rings. The zero-order chi connectivity index (χ0) is 17.9. The highest BCUT2D eigenvalue weighted by atomic mass is 19.1. The third-order valence-electron chi connectivity index (χ3n) is 5.22. The largest absolute Gasteiger partial charge is 0.384 e. The van der Waals surface area contributed by atoms with Crippen LogP contribution in [-0.2, 0) is 14.3 Å². The molecule has 0 aliphatic carbocycles. The molecule has 0 aromatic heterocycles. The van der Waals surface area contributed by atoms with E-state index in [0.717, 1.165) is 31.5 Å². The van der Waals surface area contributed by atoms with Crippen LogP contribution in [0.25, 0.3) is 0 Å². The van der Waals surface area contributed by atoms with Gasteiger partial charge >= 0.3 is 0 Å². The fourth-order valence-electron chi connectivity index (χ4n) is 3.92. The number of nitrogens with zero attached hydrogens (tertiary/aromatic N) is 1. The minimum absolute atomic E-state index is 0.0611. The predicted molar refractivity (Wildman–Crippen MR) is 92.7 cm³/mol. The van der Waals surface area contributed by atoms with Gasteiger partial charge in [0.2, 0.25) is 5.91 Å². The van der Waals surface area contributed by atoms with Crippen LogP contribution in [0.3, 0.4) is 0 Å². The summed E-state index contributed by atoms with van der Waals surface area (Å²) in [5.41, 5.74) is 0.446. The van der Waals surface area contributed by atoms with Crippen molar-refractivity contribution in [1.82, 2.24) is 10.2 Å². The van der Waals surface area contributed by atoms with Crippen molar-refractivity contribution < 1.29 is 18.7 Å². The smallest absolute Gasteiger partial charge is 0.231 e. The highest BCUT2D eigenvalue weighted by Gasteiger charge is 2.44. The minimum Gasteiger partial charge on any atom is -0.384 e. The molecule has 2 saturated heterocycles. The number of hydrogen-bond donors (Lipinski definition) is 1. The van der Waals surface area contributed by atoms with Gasteiger partial charge in [0.1, 0.15) is 11.9 Å². The van der Waals surface area contributed by atoms with E-state index in [1.165, 1.54) is 12.1 Å². The molecule has 1 amide bonds. The molecule has 5 nitrogen and oxygen atoms in total. The van der Waals surface area contributed by atoms with E-state index in [-0.39, 0.29) is 23.9 Å². The summed E-state index contributed by atoms with van der Waals surface area (Å²) in [5.74, 6) is -0.118. The van der Waals surface area contributed by atoms with Gasteiger partial charge in [0.15, 0.2) is 0 Å². The molecule has 0 radical (unpaired) electrons. The van der Waals surface area contributed by atoms with Crippen LogP contribution in [0.15, 0.2) is 24.3 Å². The number of nitrogens with one attached hydrogen (secondary N) is 1. The van der Waals surface area contributed by atoms with E-state index in [0.29, 0.717) is 19.7 Å². The molecule has 2 atom stereocenters. The van der Waals surface area contributed by atoms with Crippen molar-refractivity contribution in [3.05, 3.63) is 35.6 Å². The Hall–Kier alpha value is -1.50. The van der Waals surface area contributed by atoms with Gasteiger partial charge in [0.05, 0.1) is 24.7 Å². The molecule has 25 heavy (non-hydrogen) atoms.